The molecule has 0 saturated carbocycles. The average Bonchev–Trinajstić information content (AvgIpc) is 3.41. The number of rotatable bonds is 13. The number of benzene rings is 2. The Morgan fingerprint density at radius 3 is 2.31 bits per heavy atom. The van der Waals surface area contributed by atoms with E-state index in [-0.39, 0.29) is 18.3 Å². The molecular weight excluding hydrogens is 542 g/mol. The first-order valence-electron chi connectivity index (χ1n) is 13.4. The van der Waals surface area contributed by atoms with E-state index in [0.29, 0.717) is 29.8 Å². The third-order valence-corrected chi connectivity index (χ3v) is 5.80. The van der Waals surface area contributed by atoms with Crippen molar-refractivity contribution < 1.29 is 28.7 Å². The van der Waals surface area contributed by atoms with E-state index in [1.807, 2.05) is 25.1 Å². The number of hydrogen-bond acceptors (Lipinski definition) is 11. The molecule has 3 rings (SSSR count). The van der Waals surface area contributed by atoms with E-state index in [0.717, 1.165) is 4.80 Å². The van der Waals surface area contributed by atoms with Crippen LogP contribution in [0.3, 0.4) is 0 Å². The molecule has 0 saturated heterocycles. The van der Waals surface area contributed by atoms with Crippen molar-refractivity contribution in [1.82, 2.24) is 30.4 Å². The Kier molecular flexibility index (Phi) is 11.0. The number of esters is 2. The van der Waals surface area contributed by atoms with Crippen molar-refractivity contribution in [2.75, 3.05) is 27.2 Å². The van der Waals surface area contributed by atoms with Gasteiger partial charge >= 0.3 is 11.9 Å². The zero-order valence-corrected chi connectivity index (χ0v) is 24.4. The summed E-state index contributed by atoms with van der Waals surface area (Å²) in [5.74, 6) is -2.63. The van der Waals surface area contributed by atoms with Crippen LogP contribution in [0.4, 0.5) is 0 Å². The number of amides is 1. The second-order valence-corrected chi connectivity index (χ2v) is 10.9. The second kappa shape index (κ2) is 14.4. The minimum Gasteiger partial charge on any atom is -0.460 e. The number of hydrogen-bond donors (Lipinski definition) is 2. The SMILES string of the molecule is CN(C)CCNC(=O)c1ccc(-c2nnn(C(C(=O)OCc3ccccc3)C(=O)C(N)CC(=O)OC(C)(C)C)n2)cc1. The van der Waals surface area contributed by atoms with E-state index in [1.165, 1.54) is 0 Å². The van der Waals surface area contributed by atoms with Gasteiger partial charge < -0.3 is 25.4 Å². The molecule has 13 heteroatoms. The number of nitrogens with two attached hydrogens (primary N) is 1. The summed E-state index contributed by atoms with van der Waals surface area (Å²) in [7, 11) is 3.83. The van der Waals surface area contributed by atoms with Crippen LogP contribution < -0.4 is 11.1 Å². The molecule has 2 aromatic carbocycles. The zero-order valence-electron chi connectivity index (χ0n) is 24.4. The van der Waals surface area contributed by atoms with Crippen LogP contribution in [-0.4, -0.2) is 87.6 Å². The lowest BCUT2D eigenvalue weighted by molar-refractivity contribution is -0.158. The first kappa shape index (κ1) is 32.0. The van der Waals surface area contributed by atoms with Crippen LogP contribution in [0, 0.1) is 0 Å². The molecule has 42 heavy (non-hydrogen) atoms. The molecule has 0 fully saturated rings. The third kappa shape index (κ3) is 9.56. The van der Waals surface area contributed by atoms with Gasteiger partial charge in [-0.2, -0.15) is 0 Å². The van der Waals surface area contributed by atoms with Crippen molar-refractivity contribution in [2.24, 2.45) is 5.73 Å². The summed E-state index contributed by atoms with van der Waals surface area (Å²) >= 11 is 0. The fraction of sp³-hybridized carbons (Fsp3) is 0.414. The van der Waals surface area contributed by atoms with Crippen LogP contribution in [0.5, 0.6) is 0 Å². The monoisotopic (exact) mass is 579 g/mol. The molecule has 1 aromatic heterocycles. The van der Waals surface area contributed by atoms with Crippen LogP contribution in [0.25, 0.3) is 11.4 Å². The predicted molar refractivity (Wildman–Crippen MR) is 153 cm³/mol. The van der Waals surface area contributed by atoms with Gasteiger partial charge in [-0.25, -0.2) is 4.79 Å². The first-order chi connectivity index (χ1) is 19.8. The molecule has 3 N–H and O–H groups in total. The molecule has 0 bridgehead atoms. The zero-order chi connectivity index (χ0) is 30.9. The number of nitrogens with one attached hydrogen (secondary N) is 1. The molecule has 1 heterocycles. The lowest BCUT2D eigenvalue weighted by Crippen LogP contribution is -2.43. The van der Waals surface area contributed by atoms with Crippen molar-refractivity contribution >= 4 is 23.6 Å². The molecule has 2 atom stereocenters. The van der Waals surface area contributed by atoms with E-state index in [4.69, 9.17) is 15.2 Å². The molecule has 0 aliphatic carbocycles. The minimum absolute atomic E-state index is 0.101. The maximum atomic E-state index is 13.4. The van der Waals surface area contributed by atoms with Gasteiger partial charge in [-0.15, -0.1) is 15.0 Å². The molecule has 0 aliphatic rings. The van der Waals surface area contributed by atoms with Gasteiger partial charge in [0.25, 0.3) is 5.91 Å². The molecule has 224 valence electrons. The number of ketones is 1. The van der Waals surface area contributed by atoms with Gasteiger partial charge in [0.15, 0.2) is 5.78 Å². The molecule has 2 unspecified atom stereocenters. The Morgan fingerprint density at radius 1 is 1.02 bits per heavy atom. The molecule has 13 nitrogen and oxygen atoms in total. The Hall–Kier alpha value is -4.49. The normalized spacial score (nSPS) is 12.8. The third-order valence-electron chi connectivity index (χ3n) is 5.80. The Morgan fingerprint density at radius 2 is 1.69 bits per heavy atom. The Labute approximate surface area is 244 Å². The number of carbonyl (C=O) groups excluding carboxylic acids is 4. The van der Waals surface area contributed by atoms with Gasteiger partial charge in [0.1, 0.15) is 12.2 Å². The second-order valence-electron chi connectivity index (χ2n) is 10.9. The van der Waals surface area contributed by atoms with Crippen molar-refractivity contribution in [2.45, 2.75) is 51.5 Å². The standard InChI is InChI=1S/C29H37N7O6/c1-29(2,3)42-23(37)17-22(30)25(38)24(28(40)41-18-19-9-7-6-8-10-19)36-33-26(32-34-36)20-11-13-21(14-12-20)27(39)31-15-16-35(4)5/h6-14,22,24H,15-18,30H2,1-5H3,(H,31,39). The van der Waals surface area contributed by atoms with Crippen LogP contribution in [0.2, 0.25) is 0 Å². The predicted octanol–water partition coefficient (Wildman–Crippen LogP) is 1.54. The average molecular weight is 580 g/mol. The van der Waals surface area contributed by atoms with E-state index in [2.05, 4.69) is 20.7 Å². The number of tetrazole rings is 1. The van der Waals surface area contributed by atoms with E-state index < -0.39 is 41.8 Å². The summed E-state index contributed by atoms with van der Waals surface area (Å²) < 4.78 is 10.7. The topological polar surface area (TPSA) is 172 Å². The number of aromatic nitrogens is 4. The lowest BCUT2D eigenvalue weighted by Gasteiger charge is -2.21. The van der Waals surface area contributed by atoms with Crippen LogP contribution in [0.1, 0.15) is 49.2 Å². The molecular formula is C29H37N7O6. The maximum absolute atomic E-state index is 13.4. The number of nitrogens with zero attached hydrogens (tertiary/aromatic N) is 5. The molecule has 0 radical (unpaired) electrons. The van der Waals surface area contributed by atoms with Crippen LogP contribution >= 0.6 is 0 Å². The van der Waals surface area contributed by atoms with Gasteiger partial charge in [0.05, 0.1) is 12.5 Å². The highest BCUT2D eigenvalue weighted by atomic mass is 16.6. The highest BCUT2D eigenvalue weighted by molar-refractivity contribution is 6.04. The molecule has 3 aromatic rings. The smallest absolute Gasteiger partial charge is 0.341 e. The fourth-order valence-corrected chi connectivity index (χ4v) is 3.71. The van der Waals surface area contributed by atoms with Gasteiger partial charge in [-0.1, -0.05) is 42.5 Å². The number of Topliss-reactive ketones (excluding diaryl/α,β-unsaturated/α-hetero) is 1. The van der Waals surface area contributed by atoms with E-state index in [1.54, 1.807) is 69.3 Å². The van der Waals surface area contributed by atoms with Gasteiger partial charge in [-0.3, -0.25) is 14.4 Å². The van der Waals surface area contributed by atoms with E-state index in [9.17, 15) is 19.2 Å². The lowest BCUT2D eigenvalue weighted by atomic mass is 10.0. The Bertz CT molecular complexity index is 1370. The maximum Gasteiger partial charge on any atom is 0.341 e. The molecule has 0 spiro atoms. The van der Waals surface area contributed by atoms with Crippen LogP contribution in [0.15, 0.2) is 54.6 Å². The van der Waals surface area contributed by atoms with Crippen LogP contribution in [-0.2, 0) is 30.5 Å². The van der Waals surface area contributed by atoms with Crippen molar-refractivity contribution in [3.05, 3.63) is 65.7 Å². The largest absolute Gasteiger partial charge is 0.460 e. The first-order valence-corrected chi connectivity index (χ1v) is 13.4. The molecule has 0 aliphatic heterocycles. The molecule has 1 amide bonds. The summed E-state index contributed by atoms with van der Waals surface area (Å²) in [5.41, 5.74) is 6.90. The number of ether oxygens (including phenoxy) is 2. The number of carbonyl (C=O) groups is 4. The van der Waals surface area contributed by atoms with Crippen molar-refractivity contribution in [1.29, 1.82) is 0 Å². The Balaban J connectivity index is 1.79. The fourth-order valence-electron chi connectivity index (χ4n) is 3.71. The van der Waals surface area contributed by atoms with Crippen molar-refractivity contribution in [3.8, 4) is 11.4 Å². The van der Waals surface area contributed by atoms with Gasteiger partial charge in [-0.05, 0) is 57.8 Å². The highest BCUT2D eigenvalue weighted by Crippen LogP contribution is 2.19. The summed E-state index contributed by atoms with van der Waals surface area (Å²) in [4.78, 5) is 54.0. The van der Waals surface area contributed by atoms with Gasteiger partial charge in [0.2, 0.25) is 11.9 Å². The van der Waals surface area contributed by atoms with E-state index >= 15 is 0 Å². The minimum atomic E-state index is -1.70. The van der Waals surface area contributed by atoms with Gasteiger partial charge in [0, 0.05) is 24.2 Å². The summed E-state index contributed by atoms with van der Waals surface area (Å²) in [6.45, 7) is 6.15. The highest BCUT2D eigenvalue weighted by Gasteiger charge is 2.37. The summed E-state index contributed by atoms with van der Waals surface area (Å²) in [6, 6.07) is 12.3. The summed E-state index contributed by atoms with van der Waals surface area (Å²) in [5, 5.41) is 15.0. The number of likely N-dealkylation sites (N-methyl/N-ethyl adjacent to an activating group) is 1. The summed E-state index contributed by atoms with van der Waals surface area (Å²) in [6.07, 6.45) is -0.460. The quantitative estimate of drug-likeness (QED) is 0.222. The van der Waals surface area contributed by atoms with Crippen molar-refractivity contribution in [3.63, 3.8) is 0 Å².